The lowest BCUT2D eigenvalue weighted by molar-refractivity contribution is -0.0175. The van der Waals surface area contributed by atoms with E-state index in [4.69, 9.17) is 4.74 Å². The summed E-state index contributed by atoms with van der Waals surface area (Å²) < 4.78 is 5.46. The Balaban J connectivity index is 2.03. The SMILES string of the molecule is C=CCNCCN1CCOC(C)C1. The van der Waals surface area contributed by atoms with Crippen molar-refractivity contribution in [2.24, 2.45) is 0 Å². The second-order valence-electron chi connectivity index (χ2n) is 3.47. The van der Waals surface area contributed by atoms with Crippen molar-refractivity contribution >= 4 is 0 Å². The van der Waals surface area contributed by atoms with Gasteiger partial charge >= 0.3 is 0 Å². The number of ether oxygens (including phenoxy) is 1. The molecule has 1 aliphatic heterocycles. The van der Waals surface area contributed by atoms with Crippen molar-refractivity contribution in [3.8, 4) is 0 Å². The molecule has 0 aliphatic carbocycles. The molecule has 1 atom stereocenters. The molecule has 0 aromatic rings. The summed E-state index contributed by atoms with van der Waals surface area (Å²) in [6.45, 7) is 11.9. The lowest BCUT2D eigenvalue weighted by Crippen LogP contribution is -2.43. The Bertz CT molecular complexity index is 150. The van der Waals surface area contributed by atoms with Crippen molar-refractivity contribution < 1.29 is 4.74 Å². The lowest BCUT2D eigenvalue weighted by Gasteiger charge is -2.30. The zero-order chi connectivity index (χ0) is 9.52. The smallest absolute Gasteiger partial charge is 0.0674 e. The standard InChI is InChI=1S/C10H20N2O/c1-3-4-11-5-6-12-7-8-13-10(2)9-12/h3,10-11H,1,4-9H2,2H3. The highest BCUT2D eigenvalue weighted by molar-refractivity contribution is 4.72. The fourth-order valence-corrected chi connectivity index (χ4v) is 1.53. The lowest BCUT2D eigenvalue weighted by atomic mass is 10.3. The Hall–Kier alpha value is -0.380. The van der Waals surface area contributed by atoms with Gasteiger partial charge in [-0.1, -0.05) is 6.08 Å². The largest absolute Gasteiger partial charge is 0.376 e. The molecule has 0 aromatic heterocycles. The molecule has 0 bridgehead atoms. The number of morpholine rings is 1. The van der Waals surface area contributed by atoms with Crippen LogP contribution in [0.4, 0.5) is 0 Å². The summed E-state index contributed by atoms with van der Waals surface area (Å²) in [4.78, 5) is 2.43. The minimum absolute atomic E-state index is 0.396. The fourth-order valence-electron chi connectivity index (χ4n) is 1.53. The van der Waals surface area contributed by atoms with Gasteiger partial charge in [0.15, 0.2) is 0 Å². The number of hydrogen-bond acceptors (Lipinski definition) is 3. The highest BCUT2D eigenvalue weighted by atomic mass is 16.5. The number of hydrogen-bond donors (Lipinski definition) is 1. The maximum absolute atomic E-state index is 5.46. The van der Waals surface area contributed by atoms with E-state index in [0.29, 0.717) is 6.10 Å². The molecule has 1 fully saturated rings. The van der Waals surface area contributed by atoms with E-state index in [1.165, 1.54) is 0 Å². The molecule has 0 spiro atoms. The minimum Gasteiger partial charge on any atom is -0.376 e. The Morgan fingerprint density at radius 1 is 1.69 bits per heavy atom. The van der Waals surface area contributed by atoms with E-state index < -0.39 is 0 Å². The number of rotatable bonds is 5. The molecule has 1 rings (SSSR count). The average molecular weight is 184 g/mol. The zero-order valence-electron chi connectivity index (χ0n) is 8.46. The van der Waals surface area contributed by atoms with Gasteiger partial charge in [-0.2, -0.15) is 0 Å². The molecule has 13 heavy (non-hydrogen) atoms. The second kappa shape index (κ2) is 6.13. The first-order chi connectivity index (χ1) is 6.33. The molecule has 0 radical (unpaired) electrons. The van der Waals surface area contributed by atoms with Crippen molar-refractivity contribution in [3.63, 3.8) is 0 Å². The summed E-state index contributed by atoms with van der Waals surface area (Å²) in [5.74, 6) is 0. The van der Waals surface area contributed by atoms with Crippen LogP contribution < -0.4 is 5.32 Å². The van der Waals surface area contributed by atoms with Gasteiger partial charge in [-0.25, -0.2) is 0 Å². The molecule has 0 amide bonds. The van der Waals surface area contributed by atoms with Gasteiger partial charge in [0.05, 0.1) is 12.7 Å². The maximum atomic E-state index is 5.46. The van der Waals surface area contributed by atoms with Gasteiger partial charge in [-0.05, 0) is 6.92 Å². The van der Waals surface area contributed by atoms with Crippen molar-refractivity contribution in [3.05, 3.63) is 12.7 Å². The summed E-state index contributed by atoms with van der Waals surface area (Å²) in [6.07, 6.45) is 2.29. The van der Waals surface area contributed by atoms with E-state index in [2.05, 4.69) is 23.7 Å². The molecule has 3 nitrogen and oxygen atoms in total. The summed E-state index contributed by atoms with van der Waals surface area (Å²) in [7, 11) is 0. The third-order valence-corrected chi connectivity index (χ3v) is 2.22. The predicted molar refractivity (Wildman–Crippen MR) is 54.9 cm³/mol. The van der Waals surface area contributed by atoms with Crippen LogP contribution in [0.1, 0.15) is 6.92 Å². The van der Waals surface area contributed by atoms with Crippen molar-refractivity contribution in [1.29, 1.82) is 0 Å². The maximum Gasteiger partial charge on any atom is 0.0674 e. The normalized spacial score (nSPS) is 24.5. The predicted octanol–water partition coefficient (Wildman–Crippen LogP) is 0.483. The number of nitrogens with one attached hydrogen (secondary N) is 1. The third kappa shape index (κ3) is 4.41. The first-order valence-electron chi connectivity index (χ1n) is 4.98. The van der Waals surface area contributed by atoms with Gasteiger partial charge in [0, 0.05) is 32.7 Å². The first kappa shape index (κ1) is 10.7. The van der Waals surface area contributed by atoms with Crippen LogP contribution in [-0.4, -0.2) is 50.3 Å². The molecule has 1 N–H and O–H groups in total. The summed E-state index contributed by atoms with van der Waals surface area (Å²) in [5.41, 5.74) is 0. The van der Waals surface area contributed by atoms with Gasteiger partial charge in [-0.15, -0.1) is 6.58 Å². The Morgan fingerprint density at radius 3 is 3.23 bits per heavy atom. The third-order valence-electron chi connectivity index (χ3n) is 2.22. The molecule has 76 valence electrons. The van der Waals surface area contributed by atoms with Crippen LogP contribution in [0.5, 0.6) is 0 Å². The molecule has 1 unspecified atom stereocenters. The zero-order valence-corrected chi connectivity index (χ0v) is 8.46. The van der Waals surface area contributed by atoms with Gasteiger partial charge in [0.2, 0.25) is 0 Å². The van der Waals surface area contributed by atoms with Crippen molar-refractivity contribution in [2.75, 3.05) is 39.3 Å². The summed E-state index contributed by atoms with van der Waals surface area (Å²) in [6, 6.07) is 0. The molecular formula is C10H20N2O. The topological polar surface area (TPSA) is 24.5 Å². The van der Waals surface area contributed by atoms with E-state index in [9.17, 15) is 0 Å². The molecule has 0 aromatic carbocycles. The fraction of sp³-hybridized carbons (Fsp3) is 0.800. The van der Waals surface area contributed by atoms with Gasteiger partial charge in [0.25, 0.3) is 0 Å². The quantitative estimate of drug-likeness (QED) is 0.497. The molecule has 3 heteroatoms. The van der Waals surface area contributed by atoms with Crippen LogP contribution in [-0.2, 0) is 4.74 Å². The second-order valence-corrected chi connectivity index (χ2v) is 3.47. The molecule has 0 saturated carbocycles. The van der Waals surface area contributed by atoms with Crippen LogP contribution in [0, 0.1) is 0 Å². The Morgan fingerprint density at radius 2 is 2.54 bits per heavy atom. The van der Waals surface area contributed by atoms with Gasteiger partial charge in [-0.3, -0.25) is 4.90 Å². The monoisotopic (exact) mass is 184 g/mol. The van der Waals surface area contributed by atoms with E-state index in [0.717, 1.165) is 39.3 Å². The van der Waals surface area contributed by atoms with Crippen LogP contribution in [0.25, 0.3) is 0 Å². The Labute approximate surface area is 80.8 Å². The average Bonchev–Trinajstić information content (AvgIpc) is 2.13. The van der Waals surface area contributed by atoms with Gasteiger partial charge in [0.1, 0.15) is 0 Å². The molecule has 1 heterocycles. The van der Waals surface area contributed by atoms with Gasteiger partial charge < -0.3 is 10.1 Å². The molecular weight excluding hydrogens is 164 g/mol. The van der Waals surface area contributed by atoms with Crippen LogP contribution >= 0.6 is 0 Å². The van der Waals surface area contributed by atoms with Crippen LogP contribution in [0.2, 0.25) is 0 Å². The van der Waals surface area contributed by atoms with Crippen LogP contribution in [0.15, 0.2) is 12.7 Å². The molecule has 1 saturated heterocycles. The summed E-state index contributed by atoms with van der Waals surface area (Å²) >= 11 is 0. The van der Waals surface area contributed by atoms with E-state index in [-0.39, 0.29) is 0 Å². The van der Waals surface area contributed by atoms with Crippen LogP contribution in [0.3, 0.4) is 0 Å². The van der Waals surface area contributed by atoms with E-state index >= 15 is 0 Å². The highest BCUT2D eigenvalue weighted by Gasteiger charge is 2.15. The number of nitrogens with zero attached hydrogens (tertiary/aromatic N) is 1. The van der Waals surface area contributed by atoms with Crippen molar-refractivity contribution in [2.45, 2.75) is 13.0 Å². The van der Waals surface area contributed by atoms with E-state index in [1.54, 1.807) is 0 Å². The summed E-state index contributed by atoms with van der Waals surface area (Å²) in [5, 5.41) is 3.30. The minimum atomic E-state index is 0.396. The molecule has 1 aliphatic rings. The van der Waals surface area contributed by atoms with E-state index in [1.807, 2.05) is 6.08 Å². The Kier molecular flexibility index (Phi) is 5.05. The van der Waals surface area contributed by atoms with Crippen molar-refractivity contribution in [1.82, 2.24) is 10.2 Å². The first-order valence-corrected chi connectivity index (χ1v) is 4.98. The highest BCUT2D eigenvalue weighted by Crippen LogP contribution is 2.02.